The van der Waals surface area contributed by atoms with Gasteiger partial charge in [0.2, 0.25) is 6.29 Å². The standard InChI is InChI=1S/C18H16F2N2O3S/c1-9-2-4-10(5-3-9)11-6-12(16(19)20)22-18(21-11)26-15-7-13(23)17-24-8-14(15)25-17/h2-6,14-17H,7-8H2,1H3/t14-,15-,17-/m0/s1. The second-order valence-electron chi connectivity index (χ2n) is 6.29. The van der Waals surface area contributed by atoms with E-state index in [2.05, 4.69) is 9.97 Å². The van der Waals surface area contributed by atoms with Crippen LogP contribution in [0.15, 0.2) is 35.5 Å². The van der Waals surface area contributed by atoms with Crippen molar-refractivity contribution in [3.63, 3.8) is 0 Å². The van der Waals surface area contributed by atoms with Crippen molar-refractivity contribution in [1.82, 2.24) is 9.97 Å². The van der Waals surface area contributed by atoms with E-state index in [1.807, 2.05) is 31.2 Å². The Balaban J connectivity index is 1.65. The van der Waals surface area contributed by atoms with Crippen molar-refractivity contribution in [2.45, 2.75) is 42.6 Å². The average Bonchev–Trinajstić information content (AvgIpc) is 3.06. The molecule has 136 valence electrons. The van der Waals surface area contributed by atoms with E-state index < -0.39 is 12.7 Å². The number of aryl methyl sites for hydroxylation is 1. The first-order chi connectivity index (χ1) is 12.5. The molecule has 2 aliphatic heterocycles. The van der Waals surface area contributed by atoms with Crippen LogP contribution in [0.5, 0.6) is 0 Å². The molecule has 26 heavy (non-hydrogen) atoms. The highest BCUT2D eigenvalue weighted by Crippen LogP contribution is 2.36. The Kier molecular flexibility index (Phi) is 4.73. The number of aromatic nitrogens is 2. The van der Waals surface area contributed by atoms with E-state index in [4.69, 9.17) is 9.47 Å². The number of hydrogen-bond acceptors (Lipinski definition) is 6. The summed E-state index contributed by atoms with van der Waals surface area (Å²) in [7, 11) is 0. The molecule has 3 atom stereocenters. The van der Waals surface area contributed by atoms with Gasteiger partial charge >= 0.3 is 0 Å². The molecule has 0 aliphatic carbocycles. The number of fused-ring (bicyclic) bond motifs is 2. The van der Waals surface area contributed by atoms with Gasteiger partial charge in [-0.05, 0) is 13.0 Å². The van der Waals surface area contributed by atoms with Crippen molar-refractivity contribution in [3.05, 3.63) is 41.6 Å². The summed E-state index contributed by atoms with van der Waals surface area (Å²) in [5.74, 6) is -0.139. The molecule has 1 aromatic heterocycles. The number of Topliss-reactive ketones (excluding diaryl/α,β-unsaturated/α-hetero) is 1. The summed E-state index contributed by atoms with van der Waals surface area (Å²) in [6.07, 6.45) is -3.50. The first-order valence-electron chi connectivity index (χ1n) is 8.20. The summed E-state index contributed by atoms with van der Waals surface area (Å²) < 4.78 is 37.4. The van der Waals surface area contributed by atoms with Crippen molar-refractivity contribution < 1.29 is 23.0 Å². The van der Waals surface area contributed by atoms with Gasteiger partial charge < -0.3 is 9.47 Å². The maximum absolute atomic E-state index is 13.3. The van der Waals surface area contributed by atoms with Gasteiger partial charge in [-0.25, -0.2) is 18.7 Å². The van der Waals surface area contributed by atoms with E-state index in [1.54, 1.807) is 0 Å². The van der Waals surface area contributed by atoms with Crippen molar-refractivity contribution in [3.8, 4) is 11.3 Å². The number of carbonyl (C=O) groups is 1. The lowest BCUT2D eigenvalue weighted by atomic mass is 10.1. The molecule has 2 aliphatic rings. The number of thioether (sulfide) groups is 1. The molecule has 1 aromatic carbocycles. The van der Waals surface area contributed by atoms with E-state index >= 15 is 0 Å². The third kappa shape index (κ3) is 3.49. The van der Waals surface area contributed by atoms with E-state index in [-0.39, 0.29) is 34.4 Å². The van der Waals surface area contributed by atoms with Crippen molar-refractivity contribution in [2.75, 3.05) is 6.61 Å². The quantitative estimate of drug-likeness (QED) is 0.758. The van der Waals surface area contributed by atoms with Gasteiger partial charge in [0.1, 0.15) is 5.69 Å². The average molecular weight is 378 g/mol. The SMILES string of the molecule is Cc1ccc(-c2cc(C(F)F)nc(S[C@H]3CC(=O)[C@H]4OC[C@@H]3O4)n2)cc1. The maximum atomic E-state index is 13.3. The number of alkyl halides is 2. The minimum atomic E-state index is -2.70. The topological polar surface area (TPSA) is 61.3 Å². The molecule has 0 saturated carbocycles. The van der Waals surface area contributed by atoms with Gasteiger partial charge in [0.25, 0.3) is 6.43 Å². The second kappa shape index (κ2) is 7.02. The molecule has 5 nitrogen and oxygen atoms in total. The predicted molar refractivity (Wildman–Crippen MR) is 91.0 cm³/mol. The van der Waals surface area contributed by atoms with E-state index in [0.29, 0.717) is 12.3 Å². The number of ketones is 1. The van der Waals surface area contributed by atoms with Crippen LogP contribution >= 0.6 is 11.8 Å². The maximum Gasteiger partial charge on any atom is 0.280 e. The Bertz CT molecular complexity index is 832. The Labute approximate surface area is 153 Å². The van der Waals surface area contributed by atoms with Crippen LogP contribution in [0.4, 0.5) is 8.78 Å². The lowest BCUT2D eigenvalue weighted by Gasteiger charge is -2.25. The molecule has 2 aromatic rings. The summed E-state index contributed by atoms with van der Waals surface area (Å²) in [6.45, 7) is 2.26. The molecule has 2 bridgehead atoms. The Morgan fingerprint density at radius 1 is 1.23 bits per heavy atom. The summed E-state index contributed by atoms with van der Waals surface area (Å²) >= 11 is 1.19. The van der Waals surface area contributed by atoms with Crippen LogP contribution in [-0.2, 0) is 14.3 Å². The van der Waals surface area contributed by atoms with Crippen LogP contribution in [0, 0.1) is 6.92 Å². The molecule has 4 rings (SSSR count). The number of benzene rings is 1. The number of ether oxygens (including phenoxy) is 2. The first-order valence-corrected chi connectivity index (χ1v) is 9.08. The Hall–Kier alpha value is -1.90. The fourth-order valence-electron chi connectivity index (χ4n) is 2.94. The Morgan fingerprint density at radius 2 is 2.00 bits per heavy atom. The lowest BCUT2D eigenvalue weighted by Crippen LogP contribution is -2.37. The number of nitrogens with zero attached hydrogens (tertiary/aromatic N) is 2. The molecule has 0 spiro atoms. The van der Waals surface area contributed by atoms with Crippen LogP contribution in [-0.4, -0.2) is 40.0 Å². The number of hydrogen-bond donors (Lipinski definition) is 0. The fraction of sp³-hybridized carbons (Fsp3) is 0.389. The van der Waals surface area contributed by atoms with E-state index in [9.17, 15) is 13.6 Å². The molecule has 3 heterocycles. The molecule has 8 heteroatoms. The Morgan fingerprint density at radius 3 is 2.73 bits per heavy atom. The highest BCUT2D eigenvalue weighted by molar-refractivity contribution is 7.99. The monoisotopic (exact) mass is 378 g/mol. The summed E-state index contributed by atoms with van der Waals surface area (Å²) in [6, 6.07) is 8.77. The number of carbonyl (C=O) groups excluding carboxylic acids is 1. The van der Waals surface area contributed by atoms with Gasteiger partial charge in [-0.1, -0.05) is 41.6 Å². The normalized spacial score (nSPS) is 25.1. The highest BCUT2D eigenvalue weighted by atomic mass is 32.2. The molecule has 2 fully saturated rings. The predicted octanol–water partition coefficient (Wildman–Crippen LogP) is 3.56. The molecular formula is C18H16F2N2O3S. The van der Waals surface area contributed by atoms with Crippen molar-refractivity contribution in [2.24, 2.45) is 0 Å². The van der Waals surface area contributed by atoms with Crippen LogP contribution in [0.2, 0.25) is 0 Å². The zero-order valence-corrected chi connectivity index (χ0v) is 14.7. The number of halogens is 2. The second-order valence-corrected chi connectivity index (χ2v) is 7.50. The zero-order chi connectivity index (χ0) is 18.3. The van der Waals surface area contributed by atoms with Gasteiger partial charge in [-0.3, -0.25) is 4.79 Å². The lowest BCUT2D eigenvalue weighted by molar-refractivity contribution is -0.151. The minimum absolute atomic E-state index is 0.139. The summed E-state index contributed by atoms with van der Waals surface area (Å²) in [4.78, 5) is 20.3. The molecule has 0 amide bonds. The molecule has 0 unspecified atom stereocenters. The molecule has 0 radical (unpaired) electrons. The van der Waals surface area contributed by atoms with Crippen LogP contribution < -0.4 is 0 Å². The third-order valence-corrected chi connectivity index (χ3v) is 5.51. The molecular weight excluding hydrogens is 362 g/mol. The van der Waals surface area contributed by atoms with Gasteiger partial charge in [0, 0.05) is 17.2 Å². The van der Waals surface area contributed by atoms with Crippen LogP contribution in [0.1, 0.15) is 24.1 Å². The molecule has 2 saturated heterocycles. The van der Waals surface area contributed by atoms with Crippen LogP contribution in [0.25, 0.3) is 11.3 Å². The van der Waals surface area contributed by atoms with E-state index in [0.717, 1.165) is 11.1 Å². The van der Waals surface area contributed by atoms with Gasteiger partial charge in [0.05, 0.1) is 18.4 Å². The van der Waals surface area contributed by atoms with Crippen molar-refractivity contribution in [1.29, 1.82) is 0 Å². The smallest absolute Gasteiger partial charge is 0.280 e. The van der Waals surface area contributed by atoms with Crippen LogP contribution in [0.3, 0.4) is 0 Å². The first kappa shape index (κ1) is 17.5. The fourth-order valence-corrected chi connectivity index (χ4v) is 4.06. The minimum Gasteiger partial charge on any atom is -0.343 e. The largest absolute Gasteiger partial charge is 0.343 e. The molecule has 0 N–H and O–H groups in total. The van der Waals surface area contributed by atoms with Gasteiger partial charge in [-0.15, -0.1) is 0 Å². The highest BCUT2D eigenvalue weighted by Gasteiger charge is 2.44. The summed E-state index contributed by atoms with van der Waals surface area (Å²) in [5.41, 5.74) is 1.91. The van der Waals surface area contributed by atoms with E-state index in [1.165, 1.54) is 17.8 Å². The van der Waals surface area contributed by atoms with Crippen molar-refractivity contribution >= 4 is 17.5 Å². The van der Waals surface area contributed by atoms with Gasteiger partial charge in [0.15, 0.2) is 10.9 Å². The van der Waals surface area contributed by atoms with Gasteiger partial charge in [-0.2, -0.15) is 0 Å². The third-order valence-electron chi connectivity index (χ3n) is 4.34. The number of rotatable bonds is 4. The zero-order valence-electron chi connectivity index (χ0n) is 13.9. The summed E-state index contributed by atoms with van der Waals surface area (Å²) in [5, 5.41) is -0.0369.